The number of nitrogens with zero attached hydrogens (tertiary/aromatic N) is 1. The lowest BCUT2D eigenvalue weighted by atomic mass is 9.82. The lowest BCUT2D eigenvalue weighted by Gasteiger charge is -2.48. The second-order valence-corrected chi connectivity index (χ2v) is 6.13. The van der Waals surface area contributed by atoms with E-state index in [2.05, 4.69) is 27.7 Å². The van der Waals surface area contributed by atoms with Crippen LogP contribution >= 0.6 is 0 Å². The second-order valence-electron chi connectivity index (χ2n) is 5.24. The van der Waals surface area contributed by atoms with Gasteiger partial charge in [-0.05, 0) is 47.0 Å². The third-order valence-corrected chi connectivity index (χ3v) is 2.72. The van der Waals surface area contributed by atoms with E-state index in [1.165, 1.54) is 11.5 Å². The van der Waals surface area contributed by atoms with Crippen LogP contribution in [0.15, 0.2) is 0 Å². The molecule has 0 saturated carbocycles. The standard InChI is InChI=1S/C9H19NO.H2O4S/c1-8(2)6-5-7-9(3,4)10(8)11;1-5(2,3)4/h11H,5-7H2,1-4H3;(H2,1,2,3,4). The van der Waals surface area contributed by atoms with Crippen LogP contribution in [-0.4, -0.2) is 38.9 Å². The van der Waals surface area contributed by atoms with Gasteiger partial charge in [0, 0.05) is 11.1 Å². The van der Waals surface area contributed by atoms with Crippen LogP contribution in [0.4, 0.5) is 0 Å². The zero-order chi connectivity index (χ0) is 13.2. The van der Waals surface area contributed by atoms with Crippen LogP contribution in [0.1, 0.15) is 47.0 Å². The summed E-state index contributed by atoms with van der Waals surface area (Å²) in [5.41, 5.74) is -0.0799. The summed E-state index contributed by atoms with van der Waals surface area (Å²) in [6.07, 6.45) is 3.40. The highest BCUT2D eigenvalue weighted by Gasteiger charge is 2.40. The van der Waals surface area contributed by atoms with Gasteiger partial charge in [-0.3, -0.25) is 9.11 Å². The van der Waals surface area contributed by atoms with Crippen LogP contribution in [-0.2, 0) is 10.4 Å². The summed E-state index contributed by atoms with van der Waals surface area (Å²) in [6.45, 7) is 8.36. The molecule has 1 fully saturated rings. The number of rotatable bonds is 0. The first-order chi connectivity index (χ1) is 6.86. The highest BCUT2D eigenvalue weighted by molar-refractivity contribution is 7.79. The molecule has 7 heteroatoms. The van der Waals surface area contributed by atoms with Gasteiger partial charge >= 0.3 is 10.4 Å². The van der Waals surface area contributed by atoms with Crippen molar-refractivity contribution < 1.29 is 22.7 Å². The molecule has 3 N–H and O–H groups in total. The lowest BCUT2D eigenvalue weighted by molar-refractivity contribution is -0.241. The molecule has 1 rings (SSSR count). The van der Waals surface area contributed by atoms with Gasteiger partial charge in [-0.25, -0.2) is 0 Å². The van der Waals surface area contributed by atoms with Crippen LogP contribution < -0.4 is 0 Å². The van der Waals surface area contributed by atoms with E-state index in [-0.39, 0.29) is 11.1 Å². The van der Waals surface area contributed by atoms with Crippen molar-refractivity contribution in [3.8, 4) is 0 Å². The number of hydrogen-bond acceptors (Lipinski definition) is 4. The van der Waals surface area contributed by atoms with Crippen molar-refractivity contribution in [3.05, 3.63) is 0 Å². The Labute approximate surface area is 96.8 Å². The fourth-order valence-corrected chi connectivity index (χ4v) is 1.98. The fourth-order valence-electron chi connectivity index (χ4n) is 1.98. The minimum absolute atomic E-state index is 0.0399. The molecule has 0 spiro atoms. The van der Waals surface area contributed by atoms with Crippen molar-refractivity contribution in [2.75, 3.05) is 0 Å². The summed E-state index contributed by atoms with van der Waals surface area (Å²) >= 11 is 0. The molecule has 98 valence electrons. The van der Waals surface area contributed by atoms with E-state index in [0.29, 0.717) is 0 Å². The normalized spacial score (nSPS) is 24.4. The maximum atomic E-state index is 9.80. The molecule has 0 amide bonds. The van der Waals surface area contributed by atoms with Gasteiger partial charge in [-0.1, -0.05) is 0 Å². The van der Waals surface area contributed by atoms with Gasteiger partial charge in [-0.2, -0.15) is 13.5 Å². The Morgan fingerprint density at radius 2 is 1.25 bits per heavy atom. The Hall–Kier alpha value is -0.210. The molecular formula is C9H21NO5S. The van der Waals surface area contributed by atoms with Gasteiger partial charge in [0.25, 0.3) is 0 Å². The van der Waals surface area contributed by atoms with Crippen LogP contribution in [0, 0.1) is 0 Å². The van der Waals surface area contributed by atoms with Gasteiger partial charge in [0.05, 0.1) is 0 Å². The first kappa shape index (κ1) is 15.8. The van der Waals surface area contributed by atoms with E-state index in [9.17, 15) is 5.21 Å². The zero-order valence-corrected chi connectivity index (χ0v) is 11.0. The van der Waals surface area contributed by atoms with Crippen LogP contribution in [0.2, 0.25) is 0 Å². The largest absolute Gasteiger partial charge is 0.394 e. The van der Waals surface area contributed by atoms with E-state index in [0.717, 1.165) is 12.8 Å². The van der Waals surface area contributed by atoms with E-state index < -0.39 is 10.4 Å². The van der Waals surface area contributed by atoms with Crippen LogP contribution in [0.3, 0.4) is 0 Å². The average Bonchev–Trinajstić information content (AvgIpc) is 1.96. The van der Waals surface area contributed by atoms with Crippen molar-refractivity contribution in [3.63, 3.8) is 0 Å². The van der Waals surface area contributed by atoms with E-state index in [4.69, 9.17) is 17.5 Å². The first-order valence-electron chi connectivity index (χ1n) is 5.05. The molecular weight excluding hydrogens is 234 g/mol. The molecule has 0 aromatic carbocycles. The quantitative estimate of drug-likeness (QED) is 0.571. The fraction of sp³-hybridized carbons (Fsp3) is 1.00. The highest BCUT2D eigenvalue weighted by atomic mass is 32.3. The Bertz CT molecular complexity index is 299. The molecule has 16 heavy (non-hydrogen) atoms. The van der Waals surface area contributed by atoms with Gasteiger partial charge in [0.1, 0.15) is 0 Å². The van der Waals surface area contributed by atoms with E-state index in [1.807, 2.05) is 0 Å². The molecule has 0 radical (unpaired) electrons. The molecule has 0 aliphatic carbocycles. The number of piperidine rings is 1. The van der Waals surface area contributed by atoms with E-state index in [1.54, 1.807) is 0 Å². The molecule has 1 heterocycles. The van der Waals surface area contributed by atoms with E-state index >= 15 is 0 Å². The SMILES string of the molecule is CC1(C)CCCC(C)(C)N1O.O=S(=O)(O)O. The molecule has 0 aromatic rings. The lowest BCUT2D eigenvalue weighted by Crippen LogP contribution is -2.56. The van der Waals surface area contributed by atoms with Crippen molar-refractivity contribution in [2.45, 2.75) is 58.0 Å². The Balaban J connectivity index is 0.000000385. The molecule has 6 nitrogen and oxygen atoms in total. The number of hydroxylamine groups is 2. The monoisotopic (exact) mass is 255 g/mol. The summed E-state index contributed by atoms with van der Waals surface area (Å²) in [4.78, 5) is 0. The minimum atomic E-state index is -4.67. The third-order valence-electron chi connectivity index (χ3n) is 2.72. The smallest absolute Gasteiger partial charge is 0.313 e. The predicted octanol–water partition coefficient (Wildman–Crippen LogP) is 1.77. The summed E-state index contributed by atoms with van der Waals surface area (Å²) in [7, 11) is -4.67. The maximum Gasteiger partial charge on any atom is 0.394 e. The summed E-state index contributed by atoms with van der Waals surface area (Å²) in [6, 6.07) is 0. The van der Waals surface area contributed by atoms with Crippen LogP contribution in [0.25, 0.3) is 0 Å². The third kappa shape index (κ3) is 5.76. The van der Waals surface area contributed by atoms with Gasteiger partial charge in [-0.15, -0.1) is 0 Å². The maximum absolute atomic E-state index is 9.80. The summed E-state index contributed by atoms with van der Waals surface area (Å²) in [5.74, 6) is 0. The molecule has 0 aromatic heterocycles. The van der Waals surface area contributed by atoms with Gasteiger partial charge < -0.3 is 5.21 Å². The Morgan fingerprint density at radius 3 is 1.44 bits per heavy atom. The molecule has 0 atom stereocenters. The average molecular weight is 255 g/mol. The summed E-state index contributed by atoms with van der Waals surface area (Å²) < 4.78 is 31.6. The molecule has 1 saturated heterocycles. The first-order valence-corrected chi connectivity index (χ1v) is 6.45. The Kier molecular flexibility index (Phi) is 4.90. The molecule has 0 bridgehead atoms. The molecule has 0 unspecified atom stereocenters. The minimum Gasteiger partial charge on any atom is -0.313 e. The van der Waals surface area contributed by atoms with Gasteiger partial charge in [0.2, 0.25) is 0 Å². The summed E-state index contributed by atoms with van der Waals surface area (Å²) in [5, 5.41) is 11.3. The number of hydrogen-bond donors (Lipinski definition) is 3. The second kappa shape index (κ2) is 4.97. The molecule has 1 aliphatic rings. The molecule has 1 aliphatic heterocycles. The van der Waals surface area contributed by atoms with Crippen molar-refractivity contribution in [1.82, 2.24) is 5.06 Å². The zero-order valence-electron chi connectivity index (χ0n) is 10.1. The van der Waals surface area contributed by atoms with Crippen molar-refractivity contribution in [2.24, 2.45) is 0 Å². The highest BCUT2D eigenvalue weighted by Crippen LogP contribution is 2.35. The van der Waals surface area contributed by atoms with Crippen molar-refractivity contribution >= 4 is 10.4 Å². The van der Waals surface area contributed by atoms with Gasteiger partial charge in [0.15, 0.2) is 0 Å². The predicted molar refractivity (Wildman–Crippen MR) is 59.8 cm³/mol. The van der Waals surface area contributed by atoms with Crippen LogP contribution in [0.5, 0.6) is 0 Å². The Morgan fingerprint density at radius 1 is 1.00 bits per heavy atom. The topological polar surface area (TPSA) is 98.1 Å². The van der Waals surface area contributed by atoms with Crippen molar-refractivity contribution in [1.29, 1.82) is 0 Å².